The molecule has 3 saturated carbocycles. The van der Waals surface area contributed by atoms with Gasteiger partial charge in [0.15, 0.2) is 0 Å². The number of nitrogens with one attached hydrogen (secondary N) is 1. The molecule has 3 aliphatic rings. The topological polar surface area (TPSA) is 93.5 Å². The van der Waals surface area contributed by atoms with Crippen molar-refractivity contribution < 1.29 is 23.4 Å². The average Bonchev–Trinajstić information content (AvgIpc) is 3.19. The van der Waals surface area contributed by atoms with Gasteiger partial charge in [0.05, 0.1) is 16.4 Å². The summed E-state index contributed by atoms with van der Waals surface area (Å²) in [4.78, 5) is 25.3. The molecule has 0 radical (unpaired) electrons. The third kappa shape index (κ3) is 3.63. The molecule has 10 heteroatoms. The summed E-state index contributed by atoms with van der Waals surface area (Å²) in [5.74, 6) is -2.86. The summed E-state index contributed by atoms with van der Waals surface area (Å²) >= 11 is 3.36. The lowest BCUT2D eigenvalue weighted by Gasteiger charge is -2.41. The minimum atomic E-state index is -2.62. The normalized spacial score (nSPS) is 32.9. The molecule has 7 nitrogen and oxygen atoms in total. The molecule has 3 aliphatic carbocycles. The number of fused-ring (bicyclic) bond motifs is 1. The predicted octanol–water partition coefficient (Wildman–Crippen LogP) is 2.76. The number of alkyl halides is 2. The molecule has 31 heavy (non-hydrogen) atoms. The fourth-order valence-electron chi connectivity index (χ4n) is 4.81. The zero-order chi connectivity index (χ0) is 22.2. The second-order valence-corrected chi connectivity index (χ2v) is 10.4. The number of amides is 1. The Morgan fingerprint density at radius 1 is 1.32 bits per heavy atom. The lowest BCUT2D eigenvalue weighted by Crippen LogP contribution is -2.54. The molecular weight excluding hydrogens is 476 g/mol. The molecule has 1 aromatic carbocycles. The van der Waals surface area contributed by atoms with Crippen LogP contribution in [0.1, 0.15) is 39.0 Å². The summed E-state index contributed by atoms with van der Waals surface area (Å²) in [6.07, 6.45) is 0.897. The number of carbonyl (C=O) groups is 1. The minimum absolute atomic E-state index is 0.104. The summed E-state index contributed by atoms with van der Waals surface area (Å²) in [6.45, 7) is 1.40. The highest BCUT2D eigenvalue weighted by Crippen LogP contribution is 2.71. The summed E-state index contributed by atoms with van der Waals surface area (Å²) in [5, 5.41) is 17.6. The van der Waals surface area contributed by atoms with Crippen LogP contribution in [0.3, 0.4) is 0 Å². The van der Waals surface area contributed by atoms with Crippen LogP contribution in [0.5, 0.6) is 5.88 Å². The van der Waals surface area contributed by atoms with E-state index in [-0.39, 0.29) is 37.7 Å². The van der Waals surface area contributed by atoms with E-state index in [4.69, 9.17) is 4.74 Å². The van der Waals surface area contributed by atoms with Crippen molar-refractivity contribution >= 4 is 32.6 Å². The Bertz CT molecular complexity index is 1140. The van der Waals surface area contributed by atoms with Crippen molar-refractivity contribution in [3.8, 4) is 5.88 Å². The van der Waals surface area contributed by atoms with Crippen molar-refractivity contribution in [2.75, 3.05) is 0 Å². The first-order valence-electron chi connectivity index (χ1n) is 10.2. The fraction of sp³-hybridized carbons (Fsp3) is 0.571. The third-order valence-corrected chi connectivity index (χ3v) is 7.14. The van der Waals surface area contributed by atoms with Gasteiger partial charge < -0.3 is 15.2 Å². The SMILES string of the molecule is CC1(O)CC(NC(=O)Cn2nc(OC3CC4(C3)CC4(F)F)c3cc(Br)ccc3c2=O)C1. The van der Waals surface area contributed by atoms with Gasteiger partial charge in [-0.25, -0.2) is 13.5 Å². The van der Waals surface area contributed by atoms with Crippen LogP contribution in [0, 0.1) is 5.41 Å². The molecule has 3 fully saturated rings. The zero-order valence-electron chi connectivity index (χ0n) is 16.8. The van der Waals surface area contributed by atoms with Crippen LogP contribution < -0.4 is 15.6 Å². The molecule has 0 bridgehead atoms. The number of ether oxygens (including phenoxy) is 1. The van der Waals surface area contributed by atoms with Gasteiger partial charge in [0, 0.05) is 22.4 Å². The van der Waals surface area contributed by atoms with Crippen LogP contribution in [-0.2, 0) is 11.3 Å². The molecule has 2 aromatic rings. The van der Waals surface area contributed by atoms with Crippen LogP contribution in [0.25, 0.3) is 10.8 Å². The van der Waals surface area contributed by atoms with Crippen LogP contribution in [-0.4, -0.2) is 44.5 Å². The van der Waals surface area contributed by atoms with Crippen molar-refractivity contribution in [1.82, 2.24) is 15.1 Å². The molecule has 1 amide bonds. The Labute approximate surface area is 184 Å². The summed E-state index contributed by atoms with van der Waals surface area (Å²) < 4.78 is 34.7. The van der Waals surface area contributed by atoms with Gasteiger partial charge in [-0.2, -0.15) is 0 Å². The Hall–Kier alpha value is -2.07. The summed E-state index contributed by atoms with van der Waals surface area (Å²) in [6, 6.07) is 4.87. The van der Waals surface area contributed by atoms with E-state index < -0.39 is 34.5 Å². The van der Waals surface area contributed by atoms with Gasteiger partial charge in [0.1, 0.15) is 12.6 Å². The first kappa shape index (κ1) is 20.8. The molecule has 166 valence electrons. The van der Waals surface area contributed by atoms with E-state index in [0.29, 0.717) is 23.6 Å². The van der Waals surface area contributed by atoms with Gasteiger partial charge in [-0.15, -0.1) is 5.10 Å². The number of hydrogen-bond acceptors (Lipinski definition) is 5. The minimum Gasteiger partial charge on any atom is -0.473 e. The molecule has 0 saturated heterocycles. The van der Waals surface area contributed by atoms with Crippen molar-refractivity contribution in [3.05, 3.63) is 33.0 Å². The third-order valence-electron chi connectivity index (χ3n) is 6.65. The Balaban J connectivity index is 1.37. The van der Waals surface area contributed by atoms with E-state index in [2.05, 4.69) is 26.3 Å². The number of aliphatic hydroxyl groups is 1. The van der Waals surface area contributed by atoms with E-state index in [0.717, 1.165) is 9.15 Å². The lowest BCUT2D eigenvalue weighted by molar-refractivity contribution is -0.125. The van der Waals surface area contributed by atoms with E-state index >= 15 is 0 Å². The summed E-state index contributed by atoms with van der Waals surface area (Å²) in [7, 11) is 0. The number of hydrogen-bond donors (Lipinski definition) is 2. The largest absolute Gasteiger partial charge is 0.473 e. The smallest absolute Gasteiger partial charge is 0.275 e. The molecule has 1 spiro atoms. The van der Waals surface area contributed by atoms with E-state index in [1.54, 1.807) is 25.1 Å². The van der Waals surface area contributed by atoms with Crippen LogP contribution in [0.4, 0.5) is 8.78 Å². The predicted molar refractivity (Wildman–Crippen MR) is 111 cm³/mol. The van der Waals surface area contributed by atoms with Crippen molar-refractivity contribution in [3.63, 3.8) is 0 Å². The number of halogens is 3. The molecule has 1 aromatic heterocycles. The molecular formula is C21H22BrF2N3O4. The Kier molecular flexibility index (Phi) is 4.51. The molecule has 0 atom stereocenters. The average molecular weight is 498 g/mol. The monoisotopic (exact) mass is 497 g/mol. The van der Waals surface area contributed by atoms with Gasteiger partial charge in [0.2, 0.25) is 11.8 Å². The maximum atomic E-state index is 13.5. The van der Waals surface area contributed by atoms with E-state index in [1.165, 1.54) is 0 Å². The van der Waals surface area contributed by atoms with Gasteiger partial charge >= 0.3 is 0 Å². The van der Waals surface area contributed by atoms with Crippen LogP contribution >= 0.6 is 15.9 Å². The zero-order valence-corrected chi connectivity index (χ0v) is 18.4. The second kappa shape index (κ2) is 6.71. The molecule has 0 unspecified atom stereocenters. The molecule has 5 rings (SSSR count). The number of nitrogens with zero attached hydrogens (tertiary/aromatic N) is 2. The van der Waals surface area contributed by atoms with Gasteiger partial charge in [-0.3, -0.25) is 9.59 Å². The number of aromatic nitrogens is 2. The van der Waals surface area contributed by atoms with Gasteiger partial charge in [0.25, 0.3) is 11.5 Å². The highest BCUT2D eigenvalue weighted by atomic mass is 79.9. The number of rotatable bonds is 5. The fourth-order valence-corrected chi connectivity index (χ4v) is 5.17. The van der Waals surface area contributed by atoms with Gasteiger partial charge in [-0.1, -0.05) is 15.9 Å². The lowest BCUT2D eigenvalue weighted by atomic mass is 9.77. The number of carbonyl (C=O) groups excluding carboxylic acids is 1. The number of benzene rings is 1. The van der Waals surface area contributed by atoms with Crippen molar-refractivity contribution in [2.24, 2.45) is 5.41 Å². The molecule has 0 aliphatic heterocycles. The van der Waals surface area contributed by atoms with E-state index in [1.807, 2.05) is 0 Å². The van der Waals surface area contributed by atoms with E-state index in [9.17, 15) is 23.5 Å². The van der Waals surface area contributed by atoms with Crippen LogP contribution in [0.2, 0.25) is 0 Å². The quantitative estimate of drug-likeness (QED) is 0.662. The summed E-state index contributed by atoms with van der Waals surface area (Å²) in [5.41, 5.74) is -2.15. The maximum Gasteiger partial charge on any atom is 0.275 e. The van der Waals surface area contributed by atoms with Crippen molar-refractivity contribution in [1.29, 1.82) is 0 Å². The Morgan fingerprint density at radius 2 is 2.00 bits per heavy atom. The first-order chi connectivity index (χ1) is 14.5. The molecule has 1 heterocycles. The van der Waals surface area contributed by atoms with Crippen LogP contribution in [0.15, 0.2) is 27.5 Å². The maximum absolute atomic E-state index is 13.5. The Morgan fingerprint density at radius 3 is 2.61 bits per heavy atom. The highest BCUT2D eigenvalue weighted by molar-refractivity contribution is 9.10. The second-order valence-electron chi connectivity index (χ2n) is 9.44. The van der Waals surface area contributed by atoms with Crippen molar-refractivity contribution in [2.45, 2.75) is 69.2 Å². The standard InChI is InChI=1S/C21H22BrF2N3O4/c1-19(30)5-12(6-19)25-16(28)9-27-18(29)14-3-2-11(22)4-15(14)17(26-27)31-13-7-20(8-13)10-21(20,23)24/h2-4,12-13,30H,5-10H2,1H3,(H,25,28). The van der Waals surface area contributed by atoms with Gasteiger partial charge in [-0.05, 0) is 50.8 Å². The molecule has 2 N–H and O–H groups in total. The first-order valence-corrected chi connectivity index (χ1v) is 11.0. The highest BCUT2D eigenvalue weighted by Gasteiger charge is 2.76.